The van der Waals surface area contributed by atoms with Crippen molar-refractivity contribution in [3.63, 3.8) is 0 Å². The topological polar surface area (TPSA) is 52.7 Å². The summed E-state index contributed by atoms with van der Waals surface area (Å²) in [6.07, 6.45) is 5.32. The molecule has 0 aliphatic rings. The number of hydrogen-bond donors (Lipinski definition) is 0. The predicted octanol–water partition coefficient (Wildman–Crippen LogP) is 3.52. The fraction of sp³-hybridized carbons (Fsp3) is 0.211. The van der Waals surface area contributed by atoms with Gasteiger partial charge in [0.1, 0.15) is 4.83 Å². The van der Waals surface area contributed by atoms with Gasteiger partial charge in [-0.2, -0.15) is 5.10 Å². The van der Waals surface area contributed by atoms with Crippen LogP contribution in [0.5, 0.6) is 0 Å². The second-order valence-electron chi connectivity index (χ2n) is 6.28. The normalized spacial score (nSPS) is 11.3. The summed E-state index contributed by atoms with van der Waals surface area (Å²) in [6, 6.07) is 8.29. The molecule has 0 N–H and O–H groups in total. The molecule has 25 heavy (non-hydrogen) atoms. The van der Waals surface area contributed by atoms with E-state index in [-0.39, 0.29) is 5.56 Å². The van der Waals surface area contributed by atoms with E-state index in [0.29, 0.717) is 11.9 Å². The highest BCUT2D eigenvalue weighted by molar-refractivity contribution is 7.19. The van der Waals surface area contributed by atoms with Gasteiger partial charge in [0.25, 0.3) is 5.56 Å². The van der Waals surface area contributed by atoms with Crippen LogP contribution < -0.4 is 5.56 Å². The number of hydrogen-bond acceptors (Lipinski definition) is 4. The highest BCUT2D eigenvalue weighted by atomic mass is 32.1. The molecule has 0 atom stereocenters. The van der Waals surface area contributed by atoms with Crippen molar-refractivity contribution in [2.24, 2.45) is 7.05 Å². The van der Waals surface area contributed by atoms with Crippen molar-refractivity contribution >= 4 is 21.6 Å². The summed E-state index contributed by atoms with van der Waals surface area (Å²) >= 11 is 1.57. The Labute approximate surface area is 149 Å². The quantitative estimate of drug-likeness (QED) is 0.568. The zero-order chi connectivity index (χ0) is 17.6. The van der Waals surface area contributed by atoms with Crippen LogP contribution >= 0.6 is 11.3 Å². The molecule has 0 amide bonds. The van der Waals surface area contributed by atoms with Gasteiger partial charge in [0, 0.05) is 29.2 Å². The molecule has 126 valence electrons. The number of aromatic nitrogens is 4. The summed E-state index contributed by atoms with van der Waals surface area (Å²) in [5.41, 5.74) is 4.24. The van der Waals surface area contributed by atoms with E-state index in [1.807, 2.05) is 20.2 Å². The summed E-state index contributed by atoms with van der Waals surface area (Å²) < 4.78 is 3.39. The van der Waals surface area contributed by atoms with Gasteiger partial charge in [0.15, 0.2) is 0 Å². The molecule has 0 aliphatic heterocycles. The molecule has 0 radical (unpaired) electrons. The van der Waals surface area contributed by atoms with Crippen LogP contribution in [-0.2, 0) is 13.6 Å². The molecular formula is C19H18N4OS. The maximum atomic E-state index is 13.1. The zero-order valence-corrected chi connectivity index (χ0v) is 15.2. The monoisotopic (exact) mass is 350 g/mol. The first-order valence-electron chi connectivity index (χ1n) is 8.06. The number of rotatable bonds is 3. The van der Waals surface area contributed by atoms with Gasteiger partial charge < -0.3 is 0 Å². The second-order valence-corrected chi connectivity index (χ2v) is 7.48. The van der Waals surface area contributed by atoms with E-state index >= 15 is 0 Å². The Hall–Kier alpha value is -2.73. The fourth-order valence-corrected chi connectivity index (χ4v) is 4.07. The average Bonchev–Trinajstić information content (AvgIpc) is 3.14. The molecule has 0 spiro atoms. The van der Waals surface area contributed by atoms with Crippen LogP contribution in [0.4, 0.5) is 0 Å². The molecule has 4 rings (SSSR count). The lowest BCUT2D eigenvalue weighted by Crippen LogP contribution is -2.20. The van der Waals surface area contributed by atoms with Crippen molar-refractivity contribution in [2.75, 3.05) is 0 Å². The Balaban J connectivity index is 1.89. The molecule has 0 fully saturated rings. The van der Waals surface area contributed by atoms with E-state index in [4.69, 9.17) is 0 Å². The summed E-state index contributed by atoms with van der Waals surface area (Å²) in [6.45, 7) is 4.58. The number of aryl methyl sites for hydroxylation is 3. The maximum Gasteiger partial charge on any atom is 0.263 e. The van der Waals surface area contributed by atoms with Crippen LogP contribution in [-0.4, -0.2) is 19.3 Å². The smallest absolute Gasteiger partial charge is 0.263 e. The maximum absolute atomic E-state index is 13.1. The third-order valence-electron chi connectivity index (χ3n) is 4.31. The SMILES string of the molecule is Cc1ccc(-c2c(C)sc3ncn(Cc4cnn(C)c4)c(=O)c23)cc1. The molecular weight excluding hydrogens is 332 g/mol. The lowest BCUT2D eigenvalue weighted by atomic mass is 10.0. The van der Waals surface area contributed by atoms with E-state index < -0.39 is 0 Å². The van der Waals surface area contributed by atoms with Gasteiger partial charge in [-0.1, -0.05) is 29.8 Å². The molecule has 1 aromatic carbocycles. The number of thiophene rings is 1. The molecule has 0 bridgehead atoms. The third kappa shape index (κ3) is 2.78. The van der Waals surface area contributed by atoms with Gasteiger partial charge >= 0.3 is 0 Å². The van der Waals surface area contributed by atoms with Crippen molar-refractivity contribution in [1.82, 2.24) is 19.3 Å². The molecule has 4 aromatic rings. The Morgan fingerprint density at radius 2 is 1.92 bits per heavy atom. The number of nitrogens with zero attached hydrogens (tertiary/aromatic N) is 4. The summed E-state index contributed by atoms with van der Waals surface area (Å²) in [5, 5.41) is 4.87. The molecule has 3 heterocycles. The van der Waals surface area contributed by atoms with Crippen molar-refractivity contribution < 1.29 is 0 Å². The van der Waals surface area contributed by atoms with E-state index in [9.17, 15) is 4.79 Å². The van der Waals surface area contributed by atoms with Crippen LogP contribution in [0.15, 0.2) is 47.8 Å². The Morgan fingerprint density at radius 1 is 1.16 bits per heavy atom. The van der Waals surface area contributed by atoms with Crippen LogP contribution in [0.1, 0.15) is 16.0 Å². The minimum Gasteiger partial charge on any atom is -0.294 e. The van der Waals surface area contributed by atoms with Gasteiger partial charge in [-0.15, -0.1) is 11.3 Å². The molecule has 5 nitrogen and oxygen atoms in total. The third-order valence-corrected chi connectivity index (χ3v) is 5.32. The fourth-order valence-electron chi connectivity index (χ4n) is 3.07. The lowest BCUT2D eigenvalue weighted by Gasteiger charge is -2.06. The van der Waals surface area contributed by atoms with Gasteiger partial charge in [-0.3, -0.25) is 14.0 Å². The Bertz CT molecular complexity index is 1120. The summed E-state index contributed by atoms with van der Waals surface area (Å²) in [4.78, 5) is 19.5. The van der Waals surface area contributed by atoms with Crippen molar-refractivity contribution in [2.45, 2.75) is 20.4 Å². The molecule has 0 aliphatic carbocycles. The van der Waals surface area contributed by atoms with Crippen LogP contribution in [0.25, 0.3) is 21.3 Å². The van der Waals surface area contributed by atoms with Crippen molar-refractivity contribution in [3.8, 4) is 11.1 Å². The van der Waals surface area contributed by atoms with Crippen LogP contribution in [0, 0.1) is 13.8 Å². The average molecular weight is 350 g/mol. The predicted molar refractivity (Wildman–Crippen MR) is 101 cm³/mol. The number of fused-ring (bicyclic) bond motifs is 1. The van der Waals surface area contributed by atoms with E-state index in [1.165, 1.54) is 5.56 Å². The first-order chi connectivity index (χ1) is 12.0. The molecule has 6 heteroatoms. The van der Waals surface area contributed by atoms with Crippen molar-refractivity contribution in [1.29, 1.82) is 0 Å². The van der Waals surface area contributed by atoms with Gasteiger partial charge in [-0.25, -0.2) is 4.98 Å². The van der Waals surface area contributed by atoms with Gasteiger partial charge in [0.2, 0.25) is 0 Å². The minimum absolute atomic E-state index is 0.00576. The number of benzene rings is 1. The standard InChI is InChI=1S/C19H18N4OS/c1-12-4-6-15(7-5-12)16-13(2)25-18-17(16)19(24)23(11-20-18)10-14-8-21-22(3)9-14/h4-9,11H,10H2,1-3H3. The second kappa shape index (κ2) is 5.97. The van der Waals surface area contributed by atoms with Crippen LogP contribution in [0.2, 0.25) is 0 Å². The highest BCUT2D eigenvalue weighted by Crippen LogP contribution is 2.35. The molecule has 0 saturated heterocycles. The van der Waals surface area contributed by atoms with E-state index in [1.54, 1.807) is 33.1 Å². The Kier molecular flexibility index (Phi) is 3.77. The first kappa shape index (κ1) is 15.8. The largest absolute Gasteiger partial charge is 0.294 e. The van der Waals surface area contributed by atoms with Gasteiger partial charge in [-0.05, 0) is 19.4 Å². The minimum atomic E-state index is -0.00576. The molecule has 0 saturated carbocycles. The highest BCUT2D eigenvalue weighted by Gasteiger charge is 2.17. The zero-order valence-electron chi connectivity index (χ0n) is 14.4. The van der Waals surface area contributed by atoms with Crippen molar-refractivity contribution in [3.05, 3.63) is 69.3 Å². The Morgan fingerprint density at radius 3 is 2.60 bits per heavy atom. The molecule has 0 unspecified atom stereocenters. The van der Waals surface area contributed by atoms with Gasteiger partial charge in [0.05, 0.1) is 24.5 Å². The van der Waals surface area contributed by atoms with E-state index in [0.717, 1.165) is 26.4 Å². The van der Waals surface area contributed by atoms with Crippen LogP contribution in [0.3, 0.4) is 0 Å². The summed E-state index contributed by atoms with van der Waals surface area (Å²) in [5.74, 6) is 0. The van der Waals surface area contributed by atoms with E-state index in [2.05, 4.69) is 41.3 Å². The molecule has 3 aromatic heterocycles. The first-order valence-corrected chi connectivity index (χ1v) is 8.87. The lowest BCUT2D eigenvalue weighted by molar-refractivity contribution is 0.743. The summed E-state index contributed by atoms with van der Waals surface area (Å²) in [7, 11) is 1.87.